The fourth-order valence-corrected chi connectivity index (χ4v) is 3.52. The van der Waals surface area contributed by atoms with Gasteiger partial charge in [-0.3, -0.25) is 4.79 Å². The molecular formula is C18H23N3O5S. The molecule has 0 bridgehead atoms. The highest BCUT2D eigenvalue weighted by atomic mass is 32.2. The summed E-state index contributed by atoms with van der Waals surface area (Å²) in [6, 6.07) is 5.52. The van der Waals surface area contributed by atoms with E-state index in [0.29, 0.717) is 34.7 Å². The van der Waals surface area contributed by atoms with E-state index < -0.39 is 21.9 Å². The number of carbonyl (C=O) groups excluding carboxylic acids is 2. The van der Waals surface area contributed by atoms with Crippen molar-refractivity contribution in [2.24, 2.45) is 5.14 Å². The van der Waals surface area contributed by atoms with Crippen LogP contribution in [-0.4, -0.2) is 31.5 Å². The maximum absolute atomic E-state index is 12.8. The number of amides is 1. The number of nitrogens with one attached hydrogen (secondary N) is 1. The molecule has 0 unspecified atom stereocenters. The number of primary sulfonamides is 1. The van der Waals surface area contributed by atoms with E-state index in [1.54, 1.807) is 25.3 Å². The quantitative estimate of drug-likeness (QED) is 0.729. The summed E-state index contributed by atoms with van der Waals surface area (Å²) in [7, 11) is -3.80. The van der Waals surface area contributed by atoms with Gasteiger partial charge in [-0.25, -0.2) is 18.4 Å². The van der Waals surface area contributed by atoms with Crippen molar-refractivity contribution in [3.8, 4) is 0 Å². The highest BCUT2D eigenvalue weighted by Crippen LogP contribution is 2.24. The number of anilines is 1. The molecule has 1 heterocycles. The highest BCUT2D eigenvalue weighted by molar-refractivity contribution is 7.89. The predicted octanol–water partition coefficient (Wildman–Crippen LogP) is 2.20. The molecule has 2 rings (SSSR count). The summed E-state index contributed by atoms with van der Waals surface area (Å²) in [5, 5.41) is 7.78. The molecular weight excluding hydrogens is 370 g/mol. The molecule has 146 valence electrons. The van der Waals surface area contributed by atoms with Gasteiger partial charge in [0.05, 0.1) is 17.1 Å². The van der Waals surface area contributed by atoms with Crippen LogP contribution in [0.1, 0.15) is 46.0 Å². The molecule has 1 amide bonds. The first-order valence-corrected chi connectivity index (χ1v) is 9.97. The lowest BCUT2D eigenvalue weighted by molar-refractivity contribution is 0.0512. The largest absolute Gasteiger partial charge is 0.461 e. The smallest absolute Gasteiger partial charge is 0.355 e. The van der Waals surface area contributed by atoms with E-state index in [1.165, 1.54) is 24.3 Å². The van der Waals surface area contributed by atoms with E-state index in [0.717, 1.165) is 0 Å². The molecule has 3 N–H and O–H groups in total. The van der Waals surface area contributed by atoms with Crippen molar-refractivity contribution >= 4 is 27.6 Å². The Bertz CT molecular complexity index is 975. The first-order valence-electron chi connectivity index (χ1n) is 8.42. The molecule has 1 aromatic carbocycles. The Morgan fingerprint density at radius 3 is 2.22 bits per heavy atom. The summed E-state index contributed by atoms with van der Waals surface area (Å²) in [5.41, 5.74) is 2.33. The van der Waals surface area contributed by atoms with Crippen LogP contribution in [0.2, 0.25) is 0 Å². The van der Waals surface area contributed by atoms with Crippen molar-refractivity contribution in [2.75, 3.05) is 11.9 Å². The van der Waals surface area contributed by atoms with Crippen LogP contribution in [0.5, 0.6) is 0 Å². The Balaban J connectivity index is 2.38. The molecule has 0 spiro atoms. The highest BCUT2D eigenvalue weighted by Gasteiger charge is 2.26. The average molecular weight is 393 g/mol. The zero-order chi connectivity index (χ0) is 20.4. The normalized spacial score (nSPS) is 11.3. The molecule has 0 aliphatic carbocycles. The summed E-state index contributed by atoms with van der Waals surface area (Å²) in [6.07, 6.45) is 0. The lowest BCUT2D eigenvalue weighted by Crippen LogP contribution is -2.15. The molecule has 1 aromatic heterocycles. The van der Waals surface area contributed by atoms with Crippen molar-refractivity contribution < 1.29 is 22.7 Å². The van der Waals surface area contributed by atoms with Crippen molar-refractivity contribution in [2.45, 2.75) is 39.1 Å². The average Bonchev–Trinajstić information content (AvgIpc) is 2.84. The molecule has 0 radical (unpaired) electrons. The third-order valence-corrected chi connectivity index (χ3v) is 5.15. The van der Waals surface area contributed by atoms with Crippen molar-refractivity contribution in [1.29, 1.82) is 0 Å². The Labute approximate surface area is 158 Å². The molecule has 0 fully saturated rings. The Kier molecular flexibility index (Phi) is 6.07. The molecule has 2 aromatic rings. The number of hydrogen-bond donors (Lipinski definition) is 2. The van der Waals surface area contributed by atoms with E-state index in [4.69, 9.17) is 9.88 Å². The van der Waals surface area contributed by atoms with Gasteiger partial charge in [0.25, 0.3) is 5.91 Å². The minimum atomic E-state index is -3.80. The Hall–Kier alpha value is -2.65. The second kappa shape index (κ2) is 7.93. The van der Waals surface area contributed by atoms with E-state index in [-0.39, 0.29) is 11.5 Å². The third-order valence-electron chi connectivity index (χ3n) is 4.22. The van der Waals surface area contributed by atoms with Gasteiger partial charge in [-0.15, -0.1) is 0 Å². The van der Waals surface area contributed by atoms with Crippen LogP contribution < -0.4 is 10.5 Å². The number of rotatable bonds is 6. The van der Waals surface area contributed by atoms with E-state index >= 15 is 0 Å². The van der Waals surface area contributed by atoms with Crippen molar-refractivity contribution in [1.82, 2.24) is 4.57 Å². The van der Waals surface area contributed by atoms with Crippen LogP contribution in [-0.2, 0) is 21.3 Å². The van der Waals surface area contributed by atoms with E-state index in [2.05, 4.69) is 5.32 Å². The van der Waals surface area contributed by atoms with Gasteiger partial charge in [-0.1, -0.05) is 0 Å². The number of sulfonamides is 1. The standard InChI is InChI=1S/C18H23N3O5S/c1-5-21-12(4)15(11(3)16(21)18(23)26-6-2)17(22)20-13-7-9-14(10-8-13)27(19,24)25/h7-10H,5-6H2,1-4H3,(H,20,22)(H2,19,24,25). The van der Waals surface area contributed by atoms with Gasteiger partial charge in [0.15, 0.2) is 0 Å². The first kappa shape index (κ1) is 20.7. The fraction of sp³-hybridized carbons (Fsp3) is 0.333. The van der Waals surface area contributed by atoms with Crippen LogP contribution in [0.15, 0.2) is 29.2 Å². The second-order valence-corrected chi connectivity index (χ2v) is 7.48. The SMILES string of the molecule is CCOC(=O)c1c(C)c(C(=O)Nc2ccc(S(N)(=O)=O)cc2)c(C)n1CC. The Morgan fingerprint density at radius 2 is 1.74 bits per heavy atom. The number of esters is 1. The topological polar surface area (TPSA) is 120 Å². The Morgan fingerprint density at radius 1 is 1.15 bits per heavy atom. The van der Waals surface area contributed by atoms with Crippen molar-refractivity contribution in [3.05, 3.63) is 46.8 Å². The number of ether oxygens (including phenoxy) is 1. The van der Waals surface area contributed by atoms with Crippen LogP contribution >= 0.6 is 0 Å². The van der Waals surface area contributed by atoms with Gasteiger partial charge in [0, 0.05) is 17.9 Å². The summed E-state index contributed by atoms with van der Waals surface area (Å²) in [6.45, 7) is 7.81. The van der Waals surface area contributed by atoms with Crippen molar-refractivity contribution in [3.63, 3.8) is 0 Å². The number of aromatic nitrogens is 1. The fourth-order valence-electron chi connectivity index (χ4n) is 3.01. The third kappa shape index (κ3) is 4.20. The second-order valence-electron chi connectivity index (χ2n) is 5.92. The number of benzene rings is 1. The molecule has 9 heteroatoms. The molecule has 0 aliphatic heterocycles. The summed E-state index contributed by atoms with van der Waals surface area (Å²) in [4.78, 5) is 25.0. The van der Waals surface area contributed by atoms with E-state index in [1.807, 2.05) is 6.92 Å². The summed E-state index contributed by atoms with van der Waals surface area (Å²) in [5.74, 6) is -0.873. The van der Waals surface area contributed by atoms with Gasteiger partial charge < -0.3 is 14.6 Å². The maximum Gasteiger partial charge on any atom is 0.355 e. The minimum Gasteiger partial charge on any atom is -0.461 e. The molecule has 8 nitrogen and oxygen atoms in total. The lowest BCUT2D eigenvalue weighted by Gasteiger charge is -2.08. The van der Waals surface area contributed by atoms with Crippen LogP contribution in [0.4, 0.5) is 5.69 Å². The van der Waals surface area contributed by atoms with Gasteiger partial charge in [-0.05, 0) is 57.5 Å². The van der Waals surface area contributed by atoms with Gasteiger partial charge in [0.1, 0.15) is 5.69 Å². The minimum absolute atomic E-state index is 0.0467. The van der Waals surface area contributed by atoms with Crippen LogP contribution in [0, 0.1) is 13.8 Å². The zero-order valence-corrected chi connectivity index (χ0v) is 16.5. The van der Waals surface area contributed by atoms with Crippen LogP contribution in [0.25, 0.3) is 0 Å². The number of nitrogens with two attached hydrogens (primary N) is 1. The van der Waals surface area contributed by atoms with Crippen LogP contribution in [0.3, 0.4) is 0 Å². The van der Waals surface area contributed by atoms with E-state index in [9.17, 15) is 18.0 Å². The van der Waals surface area contributed by atoms with Gasteiger partial charge in [-0.2, -0.15) is 0 Å². The monoisotopic (exact) mass is 393 g/mol. The van der Waals surface area contributed by atoms with Gasteiger partial charge >= 0.3 is 5.97 Å². The number of hydrogen-bond acceptors (Lipinski definition) is 5. The predicted molar refractivity (Wildman–Crippen MR) is 101 cm³/mol. The molecule has 0 atom stereocenters. The van der Waals surface area contributed by atoms with Gasteiger partial charge in [0.2, 0.25) is 10.0 Å². The number of nitrogens with zero attached hydrogens (tertiary/aromatic N) is 1. The maximum atomic E-state index is 12.8. The first-order chi connectivity index (χ1) is 12.6. The zero-order valence-electron chi connectivity index (χ0n) is 15.7. The number of carbonyl (C=O) groups is 2. The lowest BCUT2D eigenvalue weighted by atomic mass is 10.1. The molecule has 0 aliphatic rings. The molecule has 27 heavy (non-hydrogen) atoms. The molecule has 0 saturated heterocycles. The molecule has 0 saturated carbocycles. The summed E-state index contributed by atoms with van der Waals surface area (Å²) < 4.78 is 29.5. The summed E-state index contributed by atoms with van der Waals surface area (Å²) >= 11 is 0.